The summed E-state index contributed by atoms with van der Waals surface area (Å²) < 4.78 is 0. The van der Waals surface area contributed by atoms with Crippen molar-refractivity contribution in [1.82, 2.24) is 0 Å². The molecule has 0 radical (unpaired) electrons. The third-order valence-corrected chi connectivity index (χ3v) is 2.58. The van der Waals surface area contributed by atoms with Crippen LogP contribution in [0.1, 0.15) is 30.4 Å². The number of benzene rings is 1. The van der Waals surface area contributed by atoms with Crippen LogP contribution in [0.25, 0.3) is 0 Å². The van der Waals surface area contributed by atoms with Gasteiger partial charge in [0.25, 0.3) is 0 Å². The first kappa shape index (κ1) is 11.6. The Bertz CT molecular complexity index is 340. The largest absolute Gasteiger partial charge is 0.151 e. The van der Waals surface area contributed by atoms with E-state index in [2.05, 4.69) is 42.9 Å². The molecule has 0 saturated heterocycles. The molecule has 0 aliphatic rings. The smallest absolute Gasteiger partial charge is 0.0820 e. The Kier molecular flexibility index (Phi) is 4.22. The summed E-state index contributed by atoms with van der Waals surface area (Å²) in [7, 11) is 0. The summed E-state index contributed by atoms with van der Waals surface area (Å²) in [6.45, 7) is 8.37. The lowest BCUT2D eigenvalue weighted by Gasteiger charge is -2.16. The van der Waals surface area contributed by atoms with Crippen LogP contribution in [0.2, 0.25) is 0 Å². The molecule has 2 nitrogen and oxygen atoms in total. The van der Waals surface area contributed by atoms with E-state index in [0.29, 0.717) is 6.54 Å². The molecule has 0 aliphatic heterocycles. The van der Waals surface area contributed by atoms with E-state index in [-0.39, 0.29) is 5.92 Å². The molecule has 1 unspecified atom stereocenters. The van der Waals surface area contributed by atoms with E-state index in [1.54, 1.807) is 0 Å². The van der Waals surface area contributed by atoms with E-state index in [9.17, 15) is 4.91 Å². The zero-order valence-corrected chi connectivity index (χ0v) is 9.36. The average Bonchev–Trinajstić information content (AvgIpc) is 2.21. The van der Waals surface area contributed by atoms with Crippen LogP contribution in [-0.2, 0) is 0 Å². The Balaban J connectivity index is 2.83. The Morgan fingerprint density at radius 2 is 2.00 bits per heavy atom. The summed E-state index contributed by atoms with van der Waals surface area (Å²) in [5, 5.41) is 2.91. The molecule has 0 bridgehead atoms. The van der Waals surface area contributed by atoms with E-state index in [1.807, 2.05) is 6.92 Å². The van der Waals surface area contributed by atoms with E-state index in [0.717, 1.165) is 12.0 Å². The Labute approximate surface area is 91.0 Å². The number of nitroso groups, excluding NO2 is 1. The Hall–Kier alpha value is -1.44. The minimum absolute atomic E-state index is 0.253. The summed E-state index contributed by atoms with van der Waals surface area (Å²) >= 11 is 0. The van der Waals surface area contributed by atoms with Crippen molar-refractivity contribution in [2.75, 3.05) is 6.54 Å². The number of nitrogens with zero attached hydrogens (tertiary/aromatic N) is 1. The molecule has 1 aromatic rings. The predicted octanol–water partition coefficient (Wildman–Crippen LogP) is 3.81. The van der Waals surface area contributed by atoms with Gasteiger partial charge < -0.3 is 0 Å². The normalized spacial score (nSPS) is 12.1. The molecule has 0 aromatic heterocycles. The van der Waals surface area contributed by atoms with Crippen molar-refractivity contribution in [3.05, 3.63) is 52.5 Å². The van der Waals surface area contributed by atoms with Gasteiger partial charge in [0, 0.05) is 5.92 Å². The number of allylic oxidation sites excluding steroid dienone is 1. The Morgan fingerprint density at radius 3 is 2.47 bits per heavy atom. The fourth-order valence-electron chi connectivity index (χ4n) is 1.68. The number of rotatable bonds is 5. The third-order valence-electron chi connectivity index (χ3n) is 2.58. The van der Waals surface area contributed by atoms with E-state index < -0.39 is 0 Å². The van der Waals surface area contributed by atoms with Gasteiger partial charge in [0.1, 0.15) is 0 Å². The first-order valence-electron chi connectivity index (χ1n) is 5.16. The van der Waals surface area contributed by atoms with E-state index >= 15 is 0 Å². The van der Waals surface area contributed by atoms with Crippen LogP contribution in [0.3, 0.4) is 0 Å². The molecule has 1 aromatic carbocycles. The predicted molar refractivity (Wildman–Crippen MR) is 64.0 cm³/mol. The van der Waals surface area contributed by atoms with Crippen LogP contribution in [-0.4, -0.2) is 6.54 Å². The molecule has 0 fully saturated rings. The maximum absolute atomic E-state index is 10.1. The number of hydrogen-bond donors (Lipinski definition) is 0. The molecule has 0 amide bonds. The summed E-state index contributed by atoms with van der Waals surface area (Å²) in [5.41, 5.74) is 3.55. The standard InChI is InChI=1S/C13H17NO/c1-10(2)13(8-9-14-15)12-6-4-11(3)5-7-12/h4-7,13H,1,8-9H2,2-3H3. The van der Waals surface area contributed by atoms with Crippen molar-refractivity contribution >= 4 is 0 Å². The SMILES string of the molecule is C=C(C)C(CCN=O)c1ccc(C)cc1. The topological polar surface area (TPSA) is 29.4 Å². The zero-order chi connectivity index (χ0) is 11.3. The lowest BCUT2D eigenvalue weighted by molar-refractivity contribution is 0.713. The maximum Gasteiger partial charge on any atom is 0.0820 e. The van der Waals surface area contributed by atoms with Gasteiger partial charge in [-0.2, -0.15) is 4.91 Å². The van der Waals surface area contributed by atoms with Gasteiger partial charge in [-0.3, -0.25) is 0 Å². The third kappa shape index (κ3) is 3.31. The Morgan fingerprint density at radius 1 is 1.40 bits per heavy atom. The maximum atomic E-state index is 10.1. The van der Waals surface area contributed by atoms with Crippen LogP contribution in [0, 0.1) is 11.8 Å². The highest BCUT2D eigenvalue weighted by Gasteiger charge is 2.11. The molecule has 0 N–H and O–H groups in total. The lowest BCUT2D eigenvalue weighted by atomic mass is 9.89. The van der Waals surface area contributed by atoms with Gasteiger partial charge >= 0.3 is 0 Å². The second kappa shape index (κ2) is 5.44. The molecule has 0 heterocycles. The van der Waals surface area contributed by atoms with Gasteiger partial charge in [-0.15, -0.1) is 0 Å². The first-order chi connectivity index (χ1) is 7.15. The highest BCUT2D eigenvalue weighted by Crippen LogP contribution is 2.26. The second-order valence-corrected chi connectivity index (χ2v) is 3.95. The minimum atomic E-state index is 0.253. The molecule has 1 rings (SSSR count). The van der Waals surface area contributed by atoms with Crippen LogP contribution in [0.5, 0.6) is 0 Å². The van der Waals surface area contributed by atoms with Crippen molar-refractivity contribution in [3.63, 3.8) is 0 Å². The van der Waals surface area contributed by atoms with Crippen molar-refractivity contribution < 1.29 is 0 Å². The van der Waals surface area contributed by atoms with E-state index in [1.165, 1.54) is 11.1 Å². The van der Waals surface area contributed by atoms with Gasteiger partial charge in [0.2, 0.25) is 0 Å². The number of hydrogen-bond acceptors (Lipinski definition) is 2. The van der Waals surface area contributed by atoms with Crippen LogP contribution >= 0.6 is 0 Å². The summed E-state index contributed by atoms with van der Waals surface area (Å²) in [6, 6.07) is 8.36. The molecule has 1 atom stereocenters. The highest BCUT2D eigenvalue weighted by molar-refractivity contribution is 5.29. The van der Waals surface area contributed by atoms with Crippen molar-refractivity contribution in [2.45, 2.75) is 26.2 Å². The molecule has 0 saturated carbocycles. The molecule has 0 aliphatic carbocycles. The van der Waals surface area contributed by atoms with Crippen molar-refractivity contribution in [2.24, 2.45) is 5.18 Å². The molecular formula is C13H17NO. The van der Waals surface area contributed by atoms with Gasteiger partial charge in [-0.05, 0) is 25.8 Å². The molecular weight excluding hydrogens is 186 g/mol. The van der Waals surface area contributed by atoms with Gasteiger partial charge in [0.05, 0.1) is 6.54 Å². The fraction of sp³-hybridized carbons (Fsp3) is 0.385. The lowest BCUT2D eigenvalue weighted by Crippen LogP contribution is -2.01. The summed E-state index contributed by atoms with van der Waals surface area (Å²) in [5.74, 6) is 0.253. The monoisotopic (exact) mass is 203 g/mol. The average molecular weight is 203 g/mol. The summed E-state index contributed by atoms with van der Waals surface area (Å²) in [6.07, 6.45) is 0.752. The molecule has 0 spiro atoms. The zero-order valence-electron chi connectivity index (χ0n) is 9.36. The van der Waals surface area contributed by atoms with Gasteiger partial charge in [-0.25, -0.2) is 0 Å². The van der Waals surface area contributed by atoms with Crippen molar-refractivity contribution in [1.29, 1.82) is 0 Å². The second-order valence-electron chi connectivity index (χ2n) is 3.95. The fourth-order valence-corrected chi connectivity index (χ4v) is 1.68. The van der Waals surface area contributed by atoms with Crippen molar-refractivity contribution in [3.8, 4) is 0 Å². The van der Waals surface area contributed by atoms with Crippen LogP contribution in [0.15, 0.2) is 41.6 Å². The van der Waals surface area contributed by atoms with Crippen LogP contribution < -0.4 is 0 Å². The highest BCUT2D eigenvalue weighted by atomic mass is 16.3. The van der Waals surface area contributed by atoms with Gasteiger partial charge in [0.15, 0.2) is 0 Å². The number of aryl methyl sites for hydroxylation is 1. The van der Waals surface area contributed by atoms with Crippen LogP contribution in [0.4, 0.5) is 0 Å². The molecule has 80 valence electrons. The molecule has 2 heteroatoms. The first-order valence-corrected chi connectivity index (χ1v) is 5.16. The summed E-state index contributed by atoms with van der Waals surface area (Å²) in [4.78, 5) is 10.1. The molecule has 15 heavy (non-hydrogen) atoms. The quantitative estimate of drug-likeness (QED) is 0.528. The van der Waals surface area contributed by atoms with E-state index in [4.69, 9.17) is 0 Å². The minimum Gasteiger partial charge on any atom is -0.151 e. The van der Waals surface area contributed by atoms with Gasteiger partial charge in [-0.1, -0.05) is 47.2 Å².